The van der Waals surface area contributed by atoms with Crippen LogP contribution in [0.25, 0.3) is 0 Å². The molecule has 1 aromatic carbocycles. The molecule has 1 N–H and O–H groups in total. The average molecular weight is 293 g/mol. The molecule has 0 saturated heterocycles. The lowest BCUT2D eigenvalue weighted by Crippen LogP contribution is -2.24. The maximum atomic E-state index is 12.3. The maximum absolute atomic E-state index is 12.3. The number of sulfonamides is 1. The van der Waals surface area contributed by atoms with E-state index in [2.05, 4.69) is 4.72 Å². The molecule has 5 nitrogen and oxygen atoms in total. The first-order chi connectivity index (χ1) is 9.40. The summed E-state index contributed by atoms with van der Waals surface area (Å²) in [6, 6.07) is 8.00. The minimum Gasteiger partial charge on any atom is -0.468 e. The lowest BCUT2D eigenvalue weighted by Gasteiger charge is -2.09. The van der Waals surface area contributed by atoms with E-state index in [0.717, 1.165) is 0 Å². The van der Waals surface area contributed by atoms with E-state index >= 15 is 0 Å². The highest BCUT2D eigenvalue weighted by Crippen LogP contribution is 2.18. The van der Waals surface area contributed by atoms with E-state index in [9.17, 15) is 13.2 Å². The van der Waals surface area contributed by atoms with Crippen LogP contribution in [0.4, 0.5) is 0 Å². The van der Waals surface area contributed by atoms with Gasteiger partial charge in [0.15, 0.2) is 5.78 Å². The summed E-state index contributed by atoms with van der Waals surface area (Å²) < 4.78 is 32.0. The smallest absolute Gasteiger partial charge is 0.241 e. The summed E-state index contributed by atoms with van der Waals surface area (Å²) in [5.74, 6) is 0.349. The van der Waals surface area contributed by atoms with Crippen LogP contribution in [-0.4, -0.2) is 14.2 Å². The van der Waals surface area contributed by atoms with Crippen molar-refractivity contribution in [2.75, 3.05) is 0 Å². The van der Waals surface area contributed by atoms with Crippen LogP contribution in [0.15, 0.2) is 45.9 Å². The third-order valence-electron chi connectivity index (χ3n) is 2.90. The van der Waals surface area contributed by atoms with Crippen LogP contribution >= 0.6 is 0 Å². The Labute approximate surface area is 117 Å². The molecule has 0 aliphatic rings. The second kappa shape index (κ2) is 5.60. The zero-order chi connectivity index (χ0) is 14.8. The van der Waals surface area contributed by atoms with Gasteiger partial charge in [-0.2, -0.15) is 0 Å². The van der Waals surface area contributed by atoms with Gasteiger partial charge in [0.05, 0.1) is 17.7 Å². The van der Waals surface area contributed by atoms with Crippen LogP contribution in [0.2, 0.25) is 0 Å². The van der Waals surface area contributed by atoms with Crippen molar-refractivity contribution in [1.82, 2.24) is 4.72 Å². The number of rotatable bonds is 5. The Morgan fingerprint density at radius 1 is 1.30 bits per heavy atom. The molecule has 1 heterocycles. The fourth-order valence-corrected chi connectivity index (χ4v) is 3.03. The van der Waals surface area contributed by atoms with Gasteiger partial charge in [0.2, 0.25) is 10.0 Å². The van der Waals surface area contributed by atoms with Gasteiger partial charge in [0.1, 0.15) is 5.76 Å². The number of nitrogens with one attached hydrogen (secondary N) is 1. The van der Waals surface area contributed by atoms with Gasteiger partial charge in [-0.25, -0.2) is 13.1 Å². The lowest BCUT2D eigenvalue weighted by atomic mass is 10.1. The molecule has 20 heavy (non-hydrogen) atoms. The predicted octanol–water partition coefficient (Wildman–Crippen LogP) is 2.27. The third kappa shape index (κ3) is 3.15. The quantitative estimate of drug-likeness (QED) is 0.858. The molecular formula is C14H15NO4S. The van der Waals surface area contributed by atoms with Crippen molar-refractivity contribution < 1.29 is 17.6 Å². The van der Waals surface area contributed by atoms with E-state index in [1.165, 1.54) is 19.3 Å². The van der Waals surface area contributed by atoms with Crippen LogP contribution in [0.5, 0.6) is 0 Å². The summed E-state index contributed by atoms with van der Waals surface area (Å²) in [5.41, 5.74) is 0.955. The molecule has 1 aromatic heterocycles. The van der Waals surface area contributed by atoms with E-state index in [1.807, 2.05) is 0 Å². The van der Waals surface area contributed by atoms with E-state index in [4.69, 9.17) is 4.42 Å². The number of hydrogen-bond acceptors (Lipinski definition) is 4. The summed E-state index contributed by atoms with van der Waals surface area (Å²) in [7, 11) is -3.69. The van der Waals surface area contributed by atoms with Crippen molar-refractivity contribution in [2.24, 2.45) is 0 Å². The van der Waals surface area contributed by atoms with E-state index in [-0.39, 0.29) is 17.2 Å². The van der Waals surface area contributed by atoms with Crippen LogP contribution in [0.3, 0.4) is 0 Å². The highest BCUT2D eigenvalue weighted by atomic mass is 32.2. The highest BCUT2D eigenvalue weighted by molar-refractivity contribution is 7.89. The van der Waals surface area contributed by atoms with Crippen molar-refractivity contribution in [2.45, 2.75) is 25.3 Å². The number of Topliss-reactive ketones (excluding diaryl/α,β-unsaturated/α-hetero) is 1. The van der Waals surface area contributed by atoms with Gasteiger partial charge in [0, 0.05) is 5.56 Å². The molecule has 0 amide bonds. The minimum absolute atomic E-state index is 0.0685. The monoisotopic (exact) mass is 293 g/mol. The molecule has 0 aliphatic heterocycles. The second-order valence-corrected chi connectivity index (χ2v) is 6.18. The summed E-state index contributed by atoms with van der Waals surface area (Å²) in [4.78, 5) is 11.5. The molecule has 2 aromatic rings. The van der Waals surface area contributed by atoms with Crippen LogP contribution in [0, 0.1) is 6.92 Å². The van der Waals surface area contributed by atoms with Crippen molar-refractivity contribution >= 4 is 15.8 Å². The molecule has 6 heteroatoms. The number of ketones is 1. The number of hydrogen-bond donors (Lipinski definition) is 1. The van der Waals surface area contributed by atoms with Crippen molar-refractivity contribution in [3.8, 4) is 0 Å². The molecule has 0 radical (unpaired) electrons. The summed E-state index contributed by atoms with van der Waals surface area (Å²) in [6.07, 6.45) is 1.48. The number of carbonyl (C=O) groups is 1. The van der Waals surface area contributed by atoms with E-state index < -0.39 is 10.0 Å². The number of aryl methyl sites for hydroxylation is 1. The number of carbonyl (C=O) groups excluding carboxylic acids is 1. The maximum Gasteiger partial charge on any atom is 0.241 e. The molecule has 0 atom stereocenters. The zero-order valence-electron chi connectivity index (χ0n) is 11.2. The van der Waals surface area contributed by atoms with Gasteiger partial charge in [-0.15, -0.1) is 0 Å². The van der Waals surface area contributed by atoms with E-state index in [0.29, 0.717) is 16.9 Å². The first-order valence-electron chi connectivity index (χ1n) is 6.04. The van der Waals surface area contributed by atoms with E-state index in [1.54, 1.807) is 31.2 Å². The first kappa shape index (κ1) is 14.5. The summed E-state index contributed by atoms with van der Waals surface area (Å²) in [6.45, 7) is 3.15. The molecule has 0 spiro atoms. The topological polar surface area (TPSA) is 76.4 Å². The second-order valence-electron chi connectivity index (χ2n) is 4.44. The SMILES string of the molecule is CC(=O)c1ccc(C)c(S(=O)(=O)NCc2ccco2)c1. The molecular weight excluding hydrogens is 278 g/mol. The zero-order valence-corrected chi connectivity index (χ0v) is 12.0. The van der Waals surface area contributed by atoms with Gasteiger partial charge < -0.3 is 4.42 Å². The van der Waals surface area contributed by atoms with Crippen LogP contribution < -0.4 is 4.72 Å². The molecule has 0 saturated carbocycles. The predicted molar refractivity (Wildman–Crippen MR) is 73.9 cm³/mol. The summed E-state index contributed by atoms with van der Waals surface area (Å²) in [5, 5.41) is 0. The molecule has 0 bridgehead atoms. The summed E-state index contributed by atoms with van der Waals surface area (Å²) >= 11 is 0. The lowest BCUT2D eigenvalue weighted by molar-refractivity contribution is 0.101. The molecule has 106 valence electrons. The van der Waals surface area contributed by atoms with Crippen molar-refractivity contribution in [3.05, 3.63) is 53.5 Å². The number of furan rings is 1. The Balaban J connectivity index is 2.28. The van der Waals surface area contributed by atoms with Gasteiger partial charge in [-0.05, 0) is 37.6 Å². The standard InChI is InChI=1S/C14H15NO4S/c1-10-5-6-12(11(2)16)8-14(10)20(17,18)15-9-13-4-3-7-19-13/h3-8,15H,9H2,1-2H3. The Morgan fingerprint density at radius 3 is 2.65 bits per heavy atom. The van der Waals surface area contributed by atoms with Gasteiger partial charge in [-0.3, -0.25) is 4.79 Å². The van der Waals surface area contributed by atoms with Gasteiger partial charge in [0.25, 0.3) is 0 Å². The van der Waals surface area contributed by atoms with Gasteiger partial charge in [-0.1, -0.05) is 12.1 Å². The molecule has 0 fully saturated rings. The largest absolute Gasteiger partial charge is 0.468 e. The van der Waals surface area contributed by atoms with Crippen LogP contribution in [0.1, 0.15) is 28.6 Å². The molecule has 2 rings (SSSR count). The fraction of sp³-hybridized carbons (Fsp3) is 0.214. The number of benzene rings is 1. The van der Waals surface area contributed by atoms with Crippen LogP contribution in [-0.2, 0) is 16.6 Å². The normalized spacial score (nSPS) is 11.5. The highest BCUT2D eigenvalue weighted by Gasteiger charge is 2.18. The average Bonchev–Trinajstić information content (AvgIpc) is 2.89. The van der Waals surface area contributed by atoms with Crippen molar-refractivity contribution in [3.63, 3.8) is 0 Å². The third-order valence-corrected chi connectivity index (χ3v) is 4.44. The fourth-order valence-electron chi connectivity index (χ4n) is 1.77. The Kier molecular flexibility index (Phi) is 4.06. The first-order valence-corrected chi connectivity index (χ1v) is 7.52. The van der Waals surface area contributed by atoms with Crippen molar-refractivity contribution in [1.29, 1.82) is 0 Å². The Bertz CT molecular complexity index is 718. The molecule has 0 aliphatic carbocycles. The molecule has 0 unspecified atom stereocenters. The van der Waals surface area contributed by atoms with Gasteiger partial charge >= 0.3 is 0 Å². The Morgan fingerprint density at radius 2 is 2.05 bits per heavy atom. The Hall–Kier alpha value is -1.92. The minimum atomic E-state index is -3.69.